The van der Waals surface area contributed by atoms with E-state index in [-0.39, 0.29) is 11.9 Å². The van der Waals surface area contributed by atoms with Crippen molar-refractivity contribution in [3.05, 3.63) is 94.8 Å². The van der Waals surface area contributed by atoms with Crippen molar-refractivity contribution in [1.29, 1.82) is 0 Å². The minimum absolute atomic E-state index is 0.0101. The molecule has 1 aliphatic rings. The van der Waals surface area contributed by atoms with Crippen molar-refractivity contribution in [3.8, 4) is 0 Å². The van der Waals surface area contributed by atoms with Crippen molar-refractivity contribution < 1.29 is 4.79 Å². The summed E-state index contributed by atoms with van der Waals surface area (Å²) >= 11 is 6.18. The highest BCUT2D eigenvalue weighted by molar-refractivity contribution is 6.31. The van der Waals surface area contributed by atoms with E-state index in [1.165, 1.54) is 11.3 Å². The molecular formula is C22H22ClN3O. The first-order chi connectivity index (χ1) is 13.2. The quantitative estimate of drug-likeness (QED) is 0.730. The van der Waals surface area contributed by atoms with E-state index in [4.69, 9.17) is 11.6 Å². The van der Waals surface area contributed by atoms with E-state index < -0.39 is 0 Å². The monoisotopic (exact) mass is 379 g/mol. The number of fused-ring (bicyclic) bond motifs is 1. The number of hydrogen-bond donors (Lipinski definition) is 1. The summed E-state index contributed by atoms with van der Waals surface area (Å²) in [5.74, 6) is 0.0101. The number of amides is 1. The number of carbonyl (C=O) groups is 1. The second-order valence-corrected chi connectivity index (χ2v) is 7.19. The van der Waals surface area contributed by atoms with Crippen LogP contribution in [0.4, 0.5) is 0 Å². The van der Waals surface area contributed by atoms with Gasteiger partial charge >= 0.3 is 0 Å². The van der Waals surface area contributed by atoms with Crippen LogP contribution in [0, 0.1) is 0 Å². The summed E-state index contributed by atoms with van der Waals surface area (Å²) in [6.07, 6.45) is 2.11. The lowest BCUT2D eigenvalue weighted by molar-refractivity contribution is -0.123. The third kappa shape index (κ3) is 3.92. The molecule has 0 saturated heterocycles. The molecule has 0 aliphatic carbocycles. The molecule has 0 spiro atoms. The van der Waals surface area contributed by atoms with Crippen molar-refractivity contribution in [2.75, 3.05) is 13.1 Å². The van der Waals surface area contributed by atoms with E-state index in [9.17, 15) is 4.79 Å². The second-order valence-electron chi connectivity index (χ2n) is 6.78. The van der Waals surface area contributed by atoms with Crippen molar-refractivity contribution in [2.45, 2.75) is 19.1 Å². The smallest absolute Gasteiger partial charge is 0.234 e. The van der Waals surface area contributed by atoms with Crippen LogP contribution in [0.3, 0.4) is 0 Å². The highest BCUT2D eigenvalue weighted by atomic mass is 35.5. The highest BCUT2D eigenvalue weighted by Crippen LogP contribution is 2.31. The lowest BCUT2D eigenvalue weighted by Gasteiger charge is -2.36. The van der Waals surface area contributed by atoms with E-state index in [1.54, 1.807) is 0 Å². The Hall–Kier alpha value is -2.56. The average Bonchev–Trinajstić information content (AvgIpc) is 3.16. The molecule has 0 fully saturated rings. The van der Waals surface area contributed by atoms with Gasteiger partial charge in [-0.05, 0) is 29.3 Å². The van der Waals surface area contributed by atoms with Crippen molar-refractivity contribution in [2.24, 2.45) is 0 Å². The van der Waals surface area contributed by atoms with Crippen molar-refractivity contribution in [3.63, 3.8) is 0 Å². The molecule has 1 atom stereocenters. The number of carbonyl (C=O) groups excluding carboxylic acids is 1. The standard InChI is InChI=1S/C22H22ClN3O/c23-19-10-5-4-9-18(19)15-24-21(27)16-26-14-13-25-12-6-11-20(25)22(26)17-7-2-1-3-8-17/h1-12,22H,13-16H2,(H,24,27). The SMILES string of the molecule is O=C(CN1CCn2cccc2C1c1ccccc1)NCc1ccccc1Cl. The Labute approximate surface area is 164 Å². The Bertz CT molecular complexity index is 922. The Balaban J connectivity index is 1.49. The molecule has 0 saturated carbocycles. The molecule has 2 heterocycles. The first-order valence-electron chi connectivity index (χ1n) is 9.16. The number of benzene rings is 2. The minimum Gasteiger partial charge on any atom is -0.351 e. The van der Waals surface area contributed by atoms with Crippen LogP contribution in [0.5, 0.6) is 0 Å². The number of hydrogen-bond acceptors (Lipinski definition) is 2. The molecule has 5 heteroatoms. The zero-order valence-electron chi connectivity index (χ0n) is 15.0. The summed E-state index contributed by atoms with van der Waals surface area (Å²) in [7, 11) is 0. The van der Waals surface area contributed by atoms with Gasteiger partial charge in [-0.15, -0.1) is 0 Å². The third-order valence-electron chi connectivity index (χ3n) is 5.03. The van der Waals surface area contributed by atoms with Crippen LogP contribution in [0.15, 0.2) is 72.9 Å². The fourth-order valence-corrected chi connectivity index (χ4v) is 3.90. The van der Waals surface area contributed by atoms with Crippen molar-refractivity contribution >= 4 is 17.5 Å². The highest BCUT2D eigenvalue weighted by Gasteiger charge is 2.29. The Morgan fingerprint density at radius 1 is 1.00 bits per heavy atom. The minimum atomic E-state index is 0.0101. The molecular weight excluding hydrogens is 358 g/mol. The van der Waals surface area contributed by atoms with Gasteiger partial charge in [0.15, 0.2) is 0 Å². The molecule has 1 aliphatic heterocycles. The van der Waals surface area contributed by atoms with E-state index in [2.05, 4.69) is 45.2 Å². The molecule has 1 amide bonds. The molecule has 4 nitrogen and oxygen atoms in total. The normalized spacial score (nSPS) is 16.7. The Morgan fingerprint density at radius 2 is 1.78 bits per heavy atom. The number of nitrogens with one attached hydrogen (secondary N) is 1. The predicted molar refractivity (Wildman–Crippen MR) is 108 cm³/mol. The van der Waals surface area contributed by atoms with Crippen LogP contribution in [0.25, 0.3) is 0 Å². The summed E-state index contributed by atoms with van der Waals surface area (Å²) in [4.78, 5) is 14.9. The van der Waals surface area contributed by atoms with Crippen LogP contribution in [0.2, 0.25) is 5.02 Å². The molecule has 138 valence electrons. The number of aromatic nitrogens is 1. The average molecular weight is 380 g/mol. The maximum Gasteiger partial charge on any atom is 0.234 e. The van der Waals surface area contributed by atoms with Crippen LogP contribution >= 0.6 is 11.6 Å². The summed E-state index contributed by atoms with van der Waals surface area (Å²) in [5, 5.41) is 3.68. The summed E-state index contributed by atoms with van der Waals surface area (Å²) < 4.78 is 2.27. The first kappa shape index (κ1) is 17.8. The second kappa shape index (κ2) is 7.99. The van der Waals surface area contributed by atoms with Crippen LogP contribution in [0.1, 0.15) is 22.9 Å². The molecule has 0 bridgehead atoms. The van der Waals surface area contributed by atoms with Gasteiger partial charge in [0.1, 0.15) is 0 Å². The van der Waals surface area contributed by atoms with Crippen LogP contribution in [-0.4, -0.2) is 28.5 Å². The number of rotatable bonds is 5. The lowest BCUT2D eigenvalue weighted by atomic mass is 10.00. The van der Waals surface area contributed by atoms with Gasteiger partial charge in [-0.25, -0.2) is 0 Å². The fraction of sp³-hybridized carbons (Fsp3) is 0.227. The maximum atomic E-state index is 12.6. The zero-order chi connectivity index (χ0) is 18.6. The molecule has 0 radical (unpaired) electrons. The topological polar surface area (TPSA) is 37.3 Å². The van der Waals surface area contributed by atoms with Gasteiger partial charge in [0.2, 0.25) is 5.91 Å². The zero-order valence-corrected chi connectivity index (χ0v) is 15.8. The molecule has 3 aromatic rings. The van der Waals surface area contributed by atoms with Crippen LogP contribution < -0.4 is 5.32 Å². The van der Waals surface area contributed by atoms with E-state index in [1.807, 2.05) is 42.5 Å². The number of halogens is 1. The van der Waals surface area contributed by atoms with E-state index in [0.29, 0.717) is 18.1 Å². The Morgan fingerprint density at radius 3 is 2.59 bits per heavy atom. The molecule has 1 N–H and O–H groups in total. The van der Waals surface area contributed by atoms with Gasteiger partial charge < -0.3 is 9.88 Å². The molecule has 27 heavy (non-hydrogen) atoms. The largest absolute Gasteiger partial charge is 0.351 e. The van der Waals surface area contributed by atoms with E-state index in [0.717, 1.165) is 18.7 Å². The van der Waals surface area contributed by atoms with Gasteiger partial charge in [-0.3, -0.25) is 9.69 Å². The summed E-state index contributed by atoms with van der Waals surface area (Å²) in [6.45, 7) is 2.53. The summed E-state index contributed by atoms with van der Waals surface area (Å²) in [5.41, 5.74) is 3.36. The van der Waals surface area contributed by atoms with Gasteiger partial charge in [-0.1, -0.05) is 60.1 Å². The molecule has 1 unspecified atom stereocenters. The van der Waals surface area contributed by atoms with Gasteiger partial charge in [0.05, 0.1) is 12.6 Å². The molecule has 4 rings (SSSR count). The predicted octanol–water partition coefficient (Wildman–Crippen LogP) is 3.86. The van der Waals surface area contributed by atoms with E-state index >= 15 is 0 Å². The van der Waals surface area contributed by atoms with Crippen LogP contribution in [-0.2, 0) is 17.9 Å². The fourth-order valence-electron chi connectivity index (χ4n) is 3.69. The molecule has 2 aromatic carbocycles. The summed E-state index contributed by atoms with van der Waals surface area (Å²) in [6, 6.07) is 22.3. The Kier molecular flexibility index (Phi) is 5.28. The third-order valence-corrected chi connectivity index (χ3v) is 5.40. The number of nitrogens with zero attached hydrogens (tertiary/aromatic N) is 2. The van der Waals surface area contributed by atoms with Gasteiger partial charge in [-0.2, -0.15) is 0 Å². The van der Waals surface area contributed by atoms with Gasteiger partial charge in [0, 0.05) is 36.5 Å². The lowest BCUT2D eigenvalue weighted by Crippen LogP contribution is -2.44. The molecule has 1 aromatic heterocycles. The maximum absolute atomic E-state index is 12.6. The van der Waals surface area contributed by atoms with Crippen molar-refractivity contribution in [1.82, 2.24) is 14.8 Å². The van der Waals surface area contributed by atoms with Gasteiger partial charge in [0.25, 0.3) is 0 Å². The first-order valence-corrected chi connectivity index (χ1v) is 9.54.